The Morgan fingerprint density at radius 3 is 1.61 bits per heavy atom. The SMILES string of the molecule is c1ccc(COC[C@H]2O[C@@H](c3cc(Cc4cc5ccccc5s4)cs3)[C@H](OCc3ccccc3)[C@@H](OCc3ccccc3)[C@@H]2OCc2ccccc2)cc1. The lowest BCUT2D eigenvalue weighted by molar-refractivity contribution is -0.274. The fourth-order valence-corrected chi connectivity index (χ4v) is 9.06. The maximum atomic E-state index is 7.16. The molecular weight excluding hydrogens is 709 g/mol. The highest BCUT2D eigenvalue weighted by atomic mass is 32.1. The summed E-state index contributed by atoms with van der Waals surface area (Å²) in [6.07, 6.45) is -1.37. The normalized spacial score (nSPS) is 20.0. The van der Waals surface area contributed by atoms with Crippen LogP contribution >= 0.6 is 22.7 Å². The summed E-state index contributed by atoms with van der Waals surface area (Å²) < 4.78 is 35.7. The molecule has 274 valence electrons. The third kappa shape index (κ3) is 9.43. The Bertz CT molecular complexity index is 2120. The van der Waals surface area contributed by atoms with Gasteiger partial charge in [0.05, 0.1) is 33.0 Å². The number of benzene rings is 5. The highest BCUT2D eigenvalue weighted by molar-refractivity contribution is 7.19. The first-order valence-electron chi connectivity index (χ1n) is 18.5. The van der Waals surface area contributed by atoms with Gasteiger partial charge in [-0.3, -0.25) is 0 Å². The third-order valence-corrected chi connectivity index (χ3v) is 11.9. The molecule has 1 fully saturated rings. The van der Waals surface area contributed by atoms with Gasteiger partial charge in [-0.25, -0.2) is 0 Å². The van der Waals surface area contributed by atoms with Crippen LogP contribution in [0.3, 0.4) is 0 Å². The Labute approximate surface area is 325 Å². The standard InChI is InChI=1S/C47H44O5S2/c1-5-15-34(16-6-1)28-48-32-41-44(49-29-35-17-7-2-8-18-35)46(50-30-36-19-9-3-10-20-36)47(51-31-37-21-11-4-12-22-37)45(52-41)43-26-38(33-53-43)25-40-27-39-23-13-14-24-42(39)54-40/h1-24,26-27,33,41,44-47H,25,28-32H2/t41-,44-,45+,46+,47+/m1/s1. The first-order valence-corrected chi connectivity index (χ1v) is 20.2. The van der Waals surface area contributed by atoms with Crippen LogP contribution in [0.1, 0.15) is 43.7 Å². The molecule has 0 aliphatic carbocycles. The summed E-state index contributed by atoms with van der Waals surface area (Å²) in [5, 5.41) is 3.55. The van der Waals surface area contributed by atoms with Crippen molar-refractivity contribution in [1.82, 2.24) is 0 Å². The van der Waals surface area contributed by atoms with E-state index in [1.165, 1.54) is 20.5 Å². The molecule has 1 saturated heterocycles. The van der Waals surface area contributed by atoms with Crippen molar-refractivity contribution >= 4 is 32.8 Å². The molecule has 8 rings (SSSR count). The first kappa shape index (κ1) is 36.5. The van der Waals surface area contributed by atoms with E-state index in [2.05, 4.69) is 90.3 Å². The lowest BCUT2D eigenvalue weighted by atomic mass is 9.92. The molecule has 3 heterocycles. The molecule has 0 amide bonds. The molecule has 5 aromatic carbocycles. The second-order valence-electron chi connectivity index (χ2n) is 13.7. The summed E-state index contributed by atoms with van der Waals surface area (Å²) in [7, 11) is 0. The topological polar surface area (TPSA) is 46.2 Å². The molecule has 0 N–H and O–H groups in total. The summed E-state index contributed by atoms with van der Waals surface area (Å²) >= 11 is 3.58. The summed E-state index contributed by atoms with van der Waals surface area (Å²) in [5.41, 5.74) is 5.62. The smallest absolute Gasteiger partial charge is 0.121 e. The third-order valence-electron chi connectivity index (χ3n) is 9.69. The monoisotopic (exact) mass is 752 g/mol. The molecule has 7 aromatic rings. The summed E-state index contributed by atoms with van der Waals surface area (Å²) in [6.45, 7) is 2.04. The largest absolute Gasteiger partial charge is 0.374 e. The first-order chi connectivity index (χ1) is 26.7. The van der Waals surface area contributed by atoms with E-state index >= 15 is 0 Å². The van der Waals surface area contributed by atoms with Crippen molar-refractivity contribution in [2.45, 2.75) is 63.4 Å². The minimum atomic E-state index is -0.473. The van der Waals surface area contributed by atoms with Crippen LogP contribution in [0.5, 0.6) is 0 Å². The maximum absolute atomic E-state index is 7.16. The molecule has 1 aliphatic heterocycles. The zero-order chi connectivity index (χ0) is 36.4. The average molecular weight is 753 g/mol. The zero-order valence-electron chi connectivity index (χ0n) is 30.1. The maximum Gasteiger partial charge on any atom is 0.121 e. The fraction of sp³-hybridized carbons (Fsp3) is 0.234. The molecule has 0 unspecified atom stereocenters. The van der Waals surface area contributed by atoms with E-state index in [0.29, 0.717) is 33.0 Å². The predicted molar refractivity (Wildman–Crippen MR) is 218 cm³/mol. The second kappa shape index (κ2) is 18.3. The van der Waals surface area contributed by atoms with Crippen molar-refractivity contribution in [3.05, 3.63) is 201 Å². The number of ether oxygens (including phenoxy) is 5. The molecule has 7 heteroatoms. The van der Waals surface area contributed by atoms with E-state index in [9.17, 15) is 0 Å². The van der Waals surface area contributed by atoms with E-state index in [1.54, 1.807) is 11.3 Å². The van der Waals surface area contributed by atoms with Gasteiger partial charge in [0.1, 0.15) is 30.5 Å². The van der Waals surface area contributed by atoms with Crippen molar-refractivity contribution in [2.24, 2.45) is 0 Å². The van der Waals surface area contributed by atoms with Crippen molar-refractivity contribution in [2.75, 3.05) is 6.61 Å². The Hall–Kier alpha value is -4.44. The lowest BCUT2D eigenvalue weighted by Crippen LogP contribution is -2.58. The number of thiophene rings is 2. The fourth-order valence-electron chi connectivity index (χ4n) is 6.98. The molecule has 2 aromatic heterocycles. The van der Waals surface area contributed by atoms with E-state index in [-0.39, 0.29) is 0 Å². The van der Waals surface area contributed by atoms with Crippen LogP contribution in [0.2, 0.25) is 0 Å². The molecule has 0 radical (unpaired) electrons. The lowest BCUT2D eigenvalue weighted by Gasteiger charge is -2.46. The Morgan fingerprint density at radius 2 is 1.02 bits per heavy atom. The minimum absolute atomic E-state index is 0.335. The van der Waals surface area contributed by atoms with Crippen LogP contribution in [-0.4, -0.2) is 31.0 Å². The molecule has 0 bridgehead atoms. The Kier molecular flexibility index (Phi) is 12.4. The van der Waals surface area contributed by atoms with Crippen LogP contribution in [0, 0.1) is 0 Å². The van der Waals surface area contributed by atoms with Gasteiger partial charge in [-0.1, -0.05) is 140 Å². The van der Waals surface area contributed by atoms with Crippen LogP contribution < -0.4 is 0 Å². The van der Waals surface area contributed by atoms with Gasteiger partial charge in [0.2, 0.25) is 0 Å². The number of rotatable bonds is 16. The number of hydrogen-bond acceptors (Lipinski definition) is 7. The van der Waals surface area contributed by atoms with E-state index in [0.717, 1.165) is 33.6 Å². The van der Waals surface area contributed by atoms with Crippen molar-refractivity contribution in [3.8, 4) is 0 Å². The van der Waals surface area contributed by atoms with Gasteiger partial charge in [0.15, 0.2) is 0 Å². The summed E-state index contributed by atoms with van der Waals surface area (Å²) in [6, 6.07) is 54.3. The summed E-state index contributed by atoms with van der Waals surface area (Å²) in [5.74, 6) is 0. The van der Waals surface area contributed by atoms with Gasteiger partial charge in [-0.15, -0.1) is 22.7 Å². The van der Waals surface area contributed by atoms with E-state index in [4.69, 9.17) is 23.7 Å². The van der Waals surface area contributed by atoms with Gasteiger partial charge < -0.3 is 23.7 Å². The van der Waals surface area contributed by atoms with E-state index in [1.807, 2.05) is 84.1 Å². The number of fused-ring (bicyclic) bond motifs is 1. The van der Waals surface area contributed by atoms with Crippen molar-refractivity contribution in [3.63, 3.8) is 0 Å². The van der Waals surface area contributed by atoms with Crippen LogP contribution in [-0.2, 0) is 56.5 Å². The zero-order valence-corrected chi connectivity index (χ0v) is 31.7. The molecule has 0 saturated carbocycles. The molecule has 0 spiro atoms. The Balaban J connectivity index is 1.13. The van der Waals surface area contributed by atoms with Gasteiger partial charge in [0, 0.05) is 20.9 Å². The molecular formula is C47H44O5S2. The van der Waals surface area contributed by atoms with Crippen molar-refractivity contribution in [1.29, 1.82) is 0 Å². The van der Waals surface area contributed by atoms with Crippen LogP contribution in [0.4, 0.5) is 0 Å². The van der Waals surface area contributed by atoms with Gasteiger partial charge in [-0.05, 0) is 56.8 Å². The number of hydrogen-bond donors (Lipinski definition) is 0. The second-order valence-corrected chi connectivity index (χ2v) is 15.8. The van der Waals surface area contributed by atoms with E-state index < -0.39 is 30.5 Å². The molecule has 1 aliphatic rings. The summed E-state index contributed by atoms with van der Waals surface area (Å²) in [4.78, 5) is 2.44. The van der Waals surface area contributed by atoms with Crippen LogP contribution in [0.15, 0.2) is 163 Å². The predicted octanol–water partition coefficient (Wildman–Crippen LogP) is 11.0. The molecule has 5 nitrogen and oxygen atoms in total. The highest BCUT2D eigenvalue weighted by Crippen LogP contribution is 2.41. The highest BCUT2D eigenvalue weighted by Gasteiger charge is 2.49. The van der Waals surface area contributed by atoms with Crippen LogP contribution in [0.25, 0.3) is 10.1 Å². The Morgan fingerprint density at radius 1 is 0.500 bits per heavy atom. The quantitative estimate of drug-likeness (QED) is 0.0984. The van der Waals surface area contributed by atoms with Gasteiger partial charge in [-0.2, -0.15) is 0 Å². The minimum Gasteiger partial charge on any atom is -0.374 e. The molecule has 5 atom stereocenters. The molecule has 54 heavy (non-hydrogen) atoms. The van der Waals surface area contributed by atoms with Gasteiger partial charge in [0.25, 0.3) is 0 Å². The average Bonchev–Trinajstić information content (AvgIpc) is 3.87. The van der Waals surface area contributed by atoms with Gasteiger partial charge >= 0.3 is 0 Å². The van der Waals surface area contributed by atoms with Crippen molar-refractivity contribution < 1.29 is 23.7 Å².